The number of hydrogen-bond acceptors (Lipinski definition) is 2. The number of esters is 1. The standard InChI is InChI=1S/C16H32O2/c1-4-6-7-8-9-10-11-12-13-16(17)18-14-15(3)5-2/h15H,4-14H2,1-3H3/t15-/m1/s1. The lowest BCUT2D eigenvalue weighted by Crippen LogP contribution is -2.11. The van der Waals surface area contributed by atoms with E-state index in [1.54, 1.807) is 0 Å². The molecule has 108 valence electrons. The van der Waals surface area contributed by atoms with E-state index in [4.69, 9.17) is 4.74 Å². The SMILES string of the molecule is CCCCCCCCCCC(=O)OC[C@H](C)CC. The van der Waals surface area contributed by atoms with Gasteiger partial charge in [0.25, 0.3) is 0 Å². The molecule has 0 unspecified atom stereocenters. The quantitative estimate of drug-likeness (QED) is 0.358. The van der Waals surface area contributed by atoms with Crippen LogP contribution in [0.25, 0.3) is 0 Å². The maximum atomic E-state index is 11.4. The highest BCUT2D eigenvalue weighted by Crippen LogP contribution is 2.10. The molecule has 0 aliphatic heterocycles. The molecule has 0 N–H and O–H groups in total. The van der Waals surface area contributed by atoms with E-state index in [0.717, 1.165) is 12.8 Å². The van der Waals surface area contributed by atoms with E-state index < -0.39 is 0 Å². The molecule has 0 rings (SSSR count). The highest BCUT2D eigenvalue weighted by molar-refractivity contribution is 5.69. The minimum Gasteiger partial charge on any atom is -0.465 e. The molecule has 0 saturated carbocycles. The van der Waals surface area contributed by atoms with Crippen molar-refractivity contribution in [3.05, 3.63) is 0 Å². The summed E-state index contributed by atoms with van der Waals surface area (Å²) in [6, 6.07) is 0. The van der Waals surface area contributed by atoms with Gasteiger partial charge in [0.05, 0.1) is 6.61 Å². The van der Waals surface area contributed by atoms with Crippen molar-refractivity contribution >= 4 is 5.97 Å². The van der Waals surface area contributed by atoms with E-state index in [0.29, 0.717) is 18.9 Å². The molecule has 0 spiro atoms. The number of carbonyl (C=O) groups excluding carboxylic acids is 1. The molecular formula is C16H32O2. The molecule has 0 radical (unpaired) electrons. The van der Waals surface area contributed by atoms with Crippen molar-refractivity contribution in [3.63, 3.8) is 0 Å². The van der Waals surface area contributed by atoms with Crippen LogP contribution in [0.4, 0.5) is 0 Å². The van der Waals surface area contributed by atoms with Crippen LogP contribution in [0.2, 0.25) is 0 Å². The van der Waals surface area contributed by atoms with Crippen LogP contribution in [0.5, 0.6) is 0 Å². The maximum Gasteiger partial charge on any atom is 0.305 e. The van der Waals surface area contributed by atoms with Crippen molar-refractivity contribution in [2.75, 3.05) is 6.61 Å². The third-order valence-corrected chi connectivity index (χ3v) is 3.46. The first-order valence-electron chi connectivity index (χ1n) is 7.86. The van der Waals surface area contributed by atoms with E-state index >= 15 is 0 Å². The highest BCUT2D eigenvalue weighted by Gasteiger charge is 2.05. The number of ether oxygens (including phenoxy) is 1. The topological polar surface area (TPSA) is 26.3 Å². The Morgan fingerprint density at radius 2 is 1.50 bits per heavy atom. The Morgan fingerprint density at radius 3 is 2.06 bits per heavy atom. The maximum absolute atomic E-state index is 11.4. The minimum atomic E-state index is -0.0127. The fraction of sp³-hybridized carbons (Fsp3) is 0.938. The summed E-state index contributed by atoms with van der Waals surface area (Å²) < 4.78 is 5.22. The van der Waals surface area contributed by atoms with E-state index in [2.05, 4.69) is 20.8 Å². The van der Waals surface area contributed by atoms with Crippen LogP contribution in [0.3, 0.4) is 0 Å². The zero-order valence-electron chi connectivity index (χ0n) is 12.7. The highest BCUT2D eigenvalue weighted by atomic mass is 16.5. The van der Waals surface area contributed by atoms with Crippen LogP contribution in [0.15, 0.2) is 0 Å². The van der Waals surface area contributed by atoms with Gasteiger partial charge < -0.3 is 4.74 Å². The van der Waals surface area contributed by atoms with Gasteiger partial charge in [-0.1, -0.05) is 72.1 Å². The van der Waals surface area contributed by atoms with Crippen molar-refractivity contribution in [1.29, 1.82) is 0 Å². The Morgan fingerprint density at radius 1 is 0.944 bits per heavy atom. The fourth-order valence-electron chi connectivity index (χ4n) is 1.83. The Kier molecular flexibility index (Phi) is 12.5. The van der Waals surface area contributed by atoms with E-state index in [9.17, 15) is 4.79 Å². The van der Waals surface area contributed by atoms with Gasteiger partial charge in [0.2, 0.25) is 0 Å². The molecule has 0 aliphatic carbocycles. The number of carbonyl (C=O) groups is 1. The molecule has 0 aromatic rings. The summed E-state index contributed by atoms with van der Waals surface area (Å²) in [5.74, 6) is 0.480. The van der Waals surface area contributed by atoms with Gasteiger partial charge >= 0.3 is 5.97 Å². The van der Waals surface area contributed by atoms with Crippen molar-refractivity contribution in [2.24, 2.45) is 5.92 Å². The lowest BCUT2D eigenvalue weighted by molar-refractivity contribution is -0.145. The minimum absolute atomic E-state index is 0.0127. The van der Waals surface area contributed by atoms with Gasteiger partial charge in [0.1, 0.15) is 0 Å². The molecule has 1 atom stereocenters. The molecule has 0 fully saturated rings. The Bertz CT molecular complexity index is 190. The van der Waals surface area contributed by atoms with Gasteiger partial charge in [-0.05, 0) is 12.3 Å². The Labute approximate surface area is 113 Å². The number of rotatable bonds is 12. The van der Waals surface area contributed by atoms with E-state index in [1.165, 1.54) is 44.9 Å². The first-order valence-corrected chi connectivity index (χ1v) is 7.86. The molecule has 0 aromatic carbocycles. The summed E-state index contributed by atoms with van der Waals surface area (Å²) in [6.45, 7) is 7.07. The molecule has 0 heterocycles. The first kappa shape index (κ1) is 17.5. The molecule has 0 aromatic heterocycles. The average Bonchev–Trinajstić information content (AvgIpc) is 2.39. The van der Waals surface area contributed by atoms with Crippen LogP contribution in [0.1, 0.15) is 85.0 Å². The zero-order chi connectivity index (χ0) is 13.6. The number of hydrogen-bond donors (Lipinski definition) is 0. The second-order valence-corrected chi connectivity index (χ2v) is 5.42. The second-order valence-electron chi connectivity index (χ2n) is 5.42. The molecule has 0 saturated heterocycles. The second kappa shape index (κ2) is 12.9. The van der Waals surface area contributed by atoms with Crippen LogP contribution in [-0.4, -0.2) is 12.6 Å². The van der Waals surface area contributed by atoms with Gasteiger partial charge in [-0.2, -0.15) is 0 Å². The van der Waals surface area contributed by atoms with E-state index in [-0.39, 0.29) is 5.97 Å². The average molecular weight is 256 g/mol. The van der Waals surface area contributed by atoms with Crippen molar-refractivity contribution in [1.82, 2.24) is 0 Å². The van der Waals surface area contributed by atoms with Gasteiger partial charge in [0, 0.05) is 6.42 Å². The van der Waals surface area contributed by atoms with Crippen LogP contribution in [-0.2, 0) is 9.53 Å². The third-order valence-electron chi connectivity index (χ3n) is 3.46. The van der Waals surface area contributed by atoms with Gasteiger partial charge in [-0.3, -0.25) is 4.79 Å². The van der Waals surface area contributed by atoms with Gasteiger partial charge in [-0.25, -0.2) is 0 Å². The van der Waals surface area contributed by atoms with Crippen LogP contribution >= 0.6 is 0 Å². The van der Waals surface area contributed by atoms with E-state index in [1.807, 2.05) is 0 Å². The first-order chi connectivity index (χ1) is 8.70. The van der Waals surface area contributed by atoms with Gasteiger partial charge in [0.15, 0.2) is 0 Å². The lowest BCUT2D eigenvalue weighted by atomic mass is 10.1. The molecule has 0 bridgehead atoms. The Balaban J connectivity index is 3.20. The summed E-state index contributed by atoms with van der Waals surface area (Å²) in [5, 5.41) is 0. The summed E-state index contributed by atoms with van der Waals surface area (Å²) in [7, 11) is 0. The molecular weight excluding hydrogens is 224 g/mol. The summed E-state index contributed by atoms with van der Waals surface area (Å²) in [4.78, 5) is 11.4. The molecule has 0 aliphatic rings. The third kappa shape index (κ3) is 11.9. The van der Waals surface area contributed by atoms with Crippen molar-refractivity contribution in [3.8, 4) is 0 Å². The largest absolute Gasteiger partial charge is 0.465 e. The Hall–Kier alpha value is -0.530. The summed E-state index contributed by atoms with van der Waals surface area (Å²) in [6.07, 6.45) is 11.8. The molecule has 18 heavy (non-hydrogen) atoms. The predicted octanol–water partition coefficient (Wildman–Crippen LogP) is 5.11. The fourth-order valence-corrected chi connectivity index (χ4v) is 1.83. The lowest BCUT2D eigenvalue weighted by Gasteiger charge is -2.09. The van der Waals surface area contributed by atoms with Crippen LogP contribution in [0, 0.1) is 5.92 Å². The smallest absolute Gasteiger partial charge is 0.305 e. The van der Waals surface area contributed by atoms with Crippen molar-refractivity contribution < 1.29 is 9.53 Å². The summed E-state index contributed by atoms with van der Waals surface area (Å²) >= 11 is 0. The molecule has 2 heteroatoms. The molecule has 2 nitrogen and oxygen atoms in total. The zero-order valence-corrected chi connectivity index (χ0v) is 12.7. The van der Waals surface area contributed by atoms with Crippen LogP contribution < -0.4 is 0 Å². The summed E-state index contributed by atoms with van der Waals surface area (Å²) in [5.41, 5.74) is 0. The molecule has 0 amide bonds. The monoisotopic (exact) mass is 256 g/mol. The normalized spacial score (nSPS) is 12.4. The van der Waals surface area contributed by atoms with Gasteiger partial charge in [-0.15, -0.1) is 0 Å². The number of unbranched alkanes of at least 4 members (excludes halogenated alkanes) is 7. The van der Waals surface area contributed by atoms with Crippen molar-refractivity contribution in [2.45, 2.75) is 85.0 Å². The predicted molar refractivity (Wildman–Crippen MR) is 77.6 cm³/mol.